The maximum absolute atomic E-state index is 12.6. The average molecular weight is 386 g/mol. The molecule has 0 saturated carbocycles. The highest BCUT2D eigenvalue weighted by Gasteiger charge is 2.17. The molecule has 0 N–H and O–H groups in total. The number of rotatable bonds is 6. The molecule has 0 heterocycles. The van der Waals surface area contributed by atoms with Crippen molar-refractivity contribution in [1.29, 1.82) is 0 Å². The van der Waals surface area contributed by atoms with Crippen LogP contribution in [0.15, 0.2) is 78.9 Å². The van der Waals surface area contributed by atoms with Gasteiger partial charge in [0.1, 0.15) is 0 Å². The number of benzene rings is 3. The number of hydrogen-bond acceptors (Lipinski definition) is 3. The van der Waals surface area contributed by atoms with Crippen LogP contribution in [0.25, 0.3) is 0 Å². The minimum Gasteiger partial charge on any atom is -0.454 e. The summed E-state index contributed by atoms with van der Waals surface area (Å²) in [6, 6.07) is 24.8. The number of ketones is 1. The monoisotopic (exact) mass is 386 g/mol. The van der Waals surface area contributed by atoms with Crippen molar-refractivity contribution < 1.29 is 14.3 Å². The number of ether oxygens (including phenoxy) is 1. The molecule has 0 radical (unpaired) electrons. The molecule has 3 aromatic carbocycles. The summed E-state index contributed by atoms with van der Waals surface area (Å²) in [5.41, 5.74) is 4.21. The molecule has 0 amide bonds. The van der Waals surface area contributed by atoms with Crippen molar-refractivity contribution in [3.05, 3.63) is 107 Å². The Kier molecular flexibility index (Phi) is 6.28. The topological polar surface area (TPSA) is 43.4 Å². The van der Waals surface area contributed by atoms with Crippen LogP contribution < -0.4 is 0 Å². The van der Waals surface area contributed by atoms with Crippen LogP contribution >= 0.6 is 0 Å². The first-order chi connectivity index (χ1) is 13.8. The lowest BCUT2D eigenvalue weighted by atomic mass is 9.86. The van der Waals surface area contributed by atoms with E-state index in [0.29, 0.717) is 17.5 Å². The summed E-state index contributed by atoms with van der Waals surface area (Å²) in [7, 11) is 0. The van der Waals surface area contributed by atoms with E-state index in [4.69, 9.17) is 4.74 Å². The van der Waals surface area contributed by atoms with Gasteiger partial charge in [-0.15, -0.1) is 0 Å². The van der Waals surface area contributed by atoms with Crippen LogP contribution in [-0.2, 0) is 16.6 Å². The van der Waals surface area contributed by atoms with Crippen molar-refractivity contribution in [2.75, 3.05) is 6.61 Å². The van der Waals surface area contributed by atoms with Gasteiger partial charge in [0.05, 0.1) is 5.56 Å². The average Bonchev–Trinajstić information content (AvgIpc) is 2.72. The molecular weight excluding hydrogens is 360 g/mol. The van der Waals surface area contributed by atoms with Crippen LogP contribution in [-0.4, -0.2) is 18.4 Å². The van der Waals surface area contributed by atoms with E-state index in [2.05, 4.69) is 20.8 Å². The van der Waals surface area contributed by atoms with E-state index < -0.39 is 5.97 Å². The summed E-state index contributed by atoms with van der Waals surface area (Å²) >= 11 is 0. The van der Waals surface area contributed by atoms with Crippen LogP contribution in [0.5, 0.6) is 0 Å². The normalized spacial score (nSPS) is 11.1. The molecule has 29 heavy (non-hydrogen) atoms. The van der Waals surface area contributed by atoms with Gasteiger partial charge in [-0.25, -0.2) is 4.79 Å². The molecule has 0 aliphatic rings. The highest BCUT2D eigenvalue weighted by molar-refractivity contribution is 5.99. The molecule has 0 aliphatic heterocycles. The van der Waals surface area contributed by atoms with Gasteiger partial charge < -0.3 is 4.74 Å². The Hall–Kier alpha value is -3.20. The number of Topliss-reactive ketones (excluding diaryl/α,β-unsaturated/α-hetero) is 1. The highest BCUT2D eigenvalue weighted by atomic mass is 16.5. The first kappa shape index (κ1) is 20.5. The molecule has 0 fully saturated rings. The summed E-state index contributed by atoms with van der Waals surface area (Å²) in [6.07, 6.45) is 0.633. The van der Waals surface area contributed by atoms with E-state index in [-0.39, 0.29) is 17.8 Å². The Bertz CT molecular complexity index is 980. The Morgan fingerprint density at radius 1 is 0.793 bits per heavy atom. The third kappa shape index (κ3) is 5.41. The lowest BCUT2D eigenvalue weighted by Gasteiger charge is -2.19. The molecule has 0 saturated heterocycles. The second-order valence-electron chi connectivity index (χ2n) is 8.15. The van der Waals surface area contributed by atoms with Gasteiger partial charge in [0.25, 0.3) is 0 Å². The fourth-order valence-corrected chi connectivity index (χ4v) is 3.14. The Labute approximate surface area is 172 Å². The zero-order valence-corrected chi connectivity index (χ0v) is 17.1. The minimum absolute atomic E-state index is 0.0243. The van der Waals surface area contributed by atoms with Crippen LogP contribution in [0.3, 0.4) is 0 Å². The summed E-state index contributed by atoms with van der Waals surface area (Å²) in [4.78, 5) is 25.0. The van der Waals surface area contributed by atoms with Crippen LogP contribution in [0.1, 0.15) is 58.2 Å². The van der Waals surface area contributed by atoms with Gasteiger partial charge in [-0.2, -0.15) is 0 Å². The molecule has 3 aromatic rings. The maximum atomic E-state index is 12.6. The van der Waals surface area contributed by atoms with E-state index in [1.54, 1.807) is 24.3 Å². The molecule has 0 aromatic heterocycles. The third-order valence-corrected chi connectivity index (χ3v) is 4.88. The molecule has 3 rings (SSSR count). The second kappa shape index (κ2) is 8.87. The predicted octanol–water partition coefficient (Wildman–Crippen LogP) is 5.61. The molecular formula is C26H26O3. The summed E-state index contributed by atoms with van der Waals surface area (Å²) < 4.78 is 5.33. The minimum atomic E-state index is -0.476. The fourth-order valence-electron chi connectivity index (χ4n) is 3.14. The summed E-state index contributed by atoms with van der Waals surface area (Å²) in [5, 5.41) is 0. The Morgan fingerprint density at radius 2 is 1.41 bits per heavy atom. The molecule has 3 heteroatoms. The zero-order chi connectivity index (χ0) is 20.9. The molecule has 0 atom stereocenters. The van der Waals surface area contributed by atoms with Crippen molar-refractivity contribution in [2.24, 2.45) is 0 Å². The zero-order valence-electron chi connectivity index (χ0n) is 17.1. The van der Waals surface area contributed by atoms with Gasteiger partial charge in [-0.1, -0.05) is 93.6 Å². The van der Waals surface area contributed by atoms with Crippen LogP contribution in [0.2, 0.25) is 0 Å². The molecule has 0 aliphatic carbocycles. The number of carbonyl (C=O) groups excluding carboxylic acids is 2. The van der Waals surface area contributed by atoms with Gasteiger partial charge in [-0.3, -0.25) is 4.79 Å². The first-order valence-electron chi connectivity index (χ1n) is 9.77. The van der Waals surface area contributed by atoms with Crippen LogP contribution in [0, 0.1) is 0 Å². The number of esters is 1. The molecule has 3 nitrogen and oxygen atoms in total. The van der Waals surface area contributed by atoms with Crippen molar-refractivity contribution in [3.8, 4) is 0 Å². The second-order valence-corrected chi connectivity index (χ2v) is 8.15. The SMILES string of the molecule is CC(C)(C)c1ccc(C(=O)COC(=O)c2ccccc2Cc2ccccc2)cc1. The summed E-state index contributed by atoms with van der Waals surface area (Å²) in [6.45, 7) is 6.10. The molecule has 148 valence electrons. The van der Waals surface area contributed by atoms with Gasteiger partial charge in [0.15, 0.2) is 12.4 Å². The van der Waals surface area contributed by atoms with Crippen molar-refractivity contribution >= 4 is 11.8 Å². The fraction of sp³-hybridized carbons (Fsp3) is 0.231. The Morgan fingerprint density at radius 3 is 2.07 bits per heavy atom. The first-order valence-corrected chi connectivity index (χ1v) is 9.77. The van der Waals surface area contributed by atoms with Gasteiger partial charge in [-0.05, 0) is 34.6 Å². The van der Waals surface area contributed by atoms with E-state index in [1.807, 2.05) is 54.6 Å². The standard InChI is InChI=1S/C26H26O3/c1-26(2,3)22-15-13-20(14-16-22)24(27)18-29-25(28)23-12-8-7-11-21(23)17-19-9-5-4-6-10-19/h4-16H,17-18H2,1-3H3. The van der Waals surface area contributed by atoms with Gasteiger partial charge >= 0.3 is 5.97 Å². The summed E-state index contributed by atoms with van der Waals surface area (Å²) in [5.74, 6) is -0.685. The van der Waals surface area contributed by atoms with Crippen molar-refractivity contribution in [3.63, 3.8) is 0 Å². The lowest BCUT2D eigenvalue weighted by Crippen LogP contribution is -2.16. The largest absolute Gasteiger partial charge is 0.454 e. The van der Waals surface area contributed by atoms with E-state index in [1.165, 1.54) is 0 Å². The van der Waals surface area contributed by atoms with Gasteiger partial charge in [0, 0.05) is 5.56 Å². The van der Waals surface area contributed by atoms with E-state index in [9.17, 15) is 9.59 Å². The molecule has 0 unspecified atom stereocenters. The van der Waals surface area contributed by atoms with Crippen LogP contribution in [0.4, 0.5) is 0 Å². The van der Waals surface area contributed by atoms with Crippen molar-refractivity contribution in [2.45, 2.75) is 32.6 Å². The molecule has 0 bridgehead atoms. The Balaban J connectivity index is 1.66. The number of hydrogen-bond donors (Lipinski definition) is 0. The maximum Gasteiger partial charge on any atom is 0.338 e. The third-order valence-electron chi connectivity index (χ3n) is 4.88. The quantitative estimate of drug-likeness (QED) is 0.408. The van der Waals surface area contributed by atoms with E-state index >= 15 is 0 Å². The smallest absolute Gasteiger partial charge is 0.338 e. The number of carbonyl (C=O) groups is 2. The predicted molar refractivity (Wildman–Crippen MR) is 115 cm³/mol. The highest BCUT2D eigenvalue weighted by Crippen LogP contribution is 2.22. The van der Waals surface area contributed by atoms with Gasteiger partial charge in [0.2, 0.25) is 0 Å². The lowest BCUT2D eigenvalue weighted by molar-refractivity contribution is 0.0474. The van der Waals surface area contributed by atoms with E-state index in [0.717, 1.165) is 16.7 Å². The molecule has 0 spiro atoms. The van der Waals surface area contributed by atoms with Crippen molar-refractivity contribution in [1.82, 2.24) is 0 Å².